The number of amides is 1. The Morgan fingerprint density at radius 3 is 2.63 bits per heavy atom. The molecule has 3 rings (SSSR count). The summed E-state index contributed by atoms with van der Waals surface area (Å²) < 4.78 is 17.2. The van der Waals surface area contributed by atoms with E-state index in [2.05, 4.69) is 26.4 Å². The van der Waals surface area contributed by atoms with E-state index in [1.807, 2.05) is 38.1 Å². The highest BCUT2D eigenvalue weighted by Gasteiger charge is 2.15. The lowest BCUT2D eigenvalue weighted by molar-refractivity contribution is 0.102. The number of aromatic nitrogens is 1. The standard InChI is InChI=1S/C20H19BrN2O4/c1-12-15(13(2)27-23-12)11-26-18-9-8-14(10-19(18)25-3)20(24)22-17-7-5-4-6-16(17)21/h4-10H,11H2,1-3H3,(H,22,24). The van der Waals surface area contributed by atoms with Crippen LogP contribution in [-0.4, -0.2) is 18.2 Å². The van der Waals surface area contributed by atoms with E-state index in [1.54, 1.807) is 18.2 Å². The van der Waals surface area contributed by atoms with Crippen LogP contribution in [0.4, 0.5) is 5.69 Å². The number of aryl methyl sites for hydroxylation is 2. The van der Waals surface area contributed by atoms with E-state index in [0.717, 1.165) is 21.5 Å². The summed E-state index contributed by atoms with van der Waals surface area (Å²) in [5, 5.41) is 6.78. The van der Waals surface area contributed by atoms with Crippen molar-refractivity contribution in [3.05, 3.63) is 69.5 Å². The number of methoxy groups -OCH3 is 1. The number of para-hydroxylation sites is 1. The van der Waals surface area contributed by atoms with E-state index >= 15 is 0 Å². The maximum Gasteiger partial charge on any atom is 0.255 e. The molecule has 0 aliphatic carbocycles. The van der Waals surface area contributed by atoms with Crippen molar-refractivity contribution in [2.75, 3.05) is 12.4 Å². The van der Waals surface area contributed by atoms with Crippen molar-refractivity contribution in [2.24, 2.45) is 0 Å². The molecule has 0 radical (unpaired) electrons. The van der Waals surface area contributed by atoms with Crippen LogP contribution in [0.1, 0.15) is 27.4 Å². The number of ether oxygens (including phenoxy) is 2. The molecule has 140 valence electrons. The Kier molecular flexibility index (Phi) is 5.81. The van der Waals surface area contributed by atoms with E-state index in [1.165, 1.54) is 7.11 Å². The smallest absolute Gasteiger partial charge is 0.255 e. The Labute approximate surface area is 165 Å². The number of anilines is 1. The lowest BCUT2D eigenvalue weighted by Gasteiger charge is -2.13. The molecule has 1 N–H and O–H groups in total. The van der Waals surface area contributed by atoms with Gasteiger partial charge >= 0.3 is 0 Å². The Hall–Kier alpha value is -2.80. The van der Waals surface area contributed by atoms with Gasteiger partial charge in [-0.3, -0.25) is 4.79 Å². The number of nitrogens with zero attached hydrogens (tertiary/aromatic N) is 1. The minimum atomic E-state index is -0.238. The van der Waals surface area contributed by atoms with Crippen LogP contribution in [0.25, 0.3) is 0 Å². The molecule has 27 heavy (non-hydrogen) atoms. The minimum Gasteiger partial charge on any atom is -0.493 e. The fourth-order valence-electron chi connectivity index (χ4n) is 2.54. The number of hydrogen-bond acceptors (Lipinski definition) is 5. The molecule has 0 atom stereocenters. The van der Waals surface area contributed by atoms with E-state index in [9.17, 15) is 4.79 Å². The SMILES string of the molecule is COc1cc(C(=O)Nc2ccccc2Br)ccc1OCc1c(C)noc1C. The first kappa shape index (κ1) is 19.0. The molecule has 0 fully saturated rings. The molecule has 0 saturated carbocycles. The molecular formula is C20H19BrN2O4. The normalized spacial score (nSPS) is 10.5. The van der Waals surface area contributed by atoms with Crippen molar-refractivity contribution in [2.45, 2.75) is 20.5 Å². The van der Waals surface area contributed by atoms with Gasteiger partial charge in [0.25, 0.3) is 5.91 Å². The molecule has 2 aromatic carbocycles. The largest absolute Gasteiger partial charge is 0.493 e. The molecule has 7 heteroatoms. The van der Waals surface area contributed by atoms with Gasteiger partial charge in [-0.25, -0.2) is 0 Å². The highest BCUT2D eigenvalue weighted by atomic mass is 79.9. The lowest BCUT2D eigenvalue weighted by atomic mass is 10.1. The van der Waals surface area contributed by atoms with Crippen molar-refractivity contribution < 1.29 is 18.8 Å². The fraction of sp³-hybridized carbons (Fsp3) is 0.200. The number of rotatable bonds is 6. The van der Waals surface area contributed by atoms with Gasteiger partial charge in [0.1, 0.15) is 12.4 Å². The van der Waals surface area contributed by atoms with Crippen molar-refractivity contribution in [1.82, 2.24) is 5.16 Å². The first-order valence-corrected chi connectivity index (χ1v) is 9.07. The fourth-order valence-corrected chi connectivity index (χ4v) is 2.93. The highest BCUT2D eigenvalue weighted by Crippen LogP contribution is 2.30. The molecule has 0 spiro atoms. The quantitative estimate of drug-likeness (QED) is 0.602. The van der Waals surface area contributed by atoms with E-state index < -0.39 is 0 Å². The summed E-state index contributed by atoms with van der Waals surface area (Å²) in [5.74, 6) is 1.49. The maximum absolute atomic E-state index is 12.5. The van der Waals surface area contributed by atoms with Crippen LogP contribution < -0.4 is 14.8 Å². The second-order valence-corrected chi connectivity index (χ2v) is 6.75. The summed E-state index contributed by atoms with van der Waals surface area (Å²) in [6.07, 6.45) is 0. The van der Waals surface area contributed by atoms with Crippen LogP contribution >= 0.6 is 15.9 Å². The lowest BCUT2D eigenvalue weighted by Crippen LogP contribution is -2.12. The summed E-state index contributed by atoms with van der Waals surface area (Å²) in [5.41, 5.74) is 2.84. The van der Waals surface area contributed by atoms with Crippen LogP contribution in [-0.2, 0) is 6.61 Å². The molecule has 0 bridgehead atoms. The zero-order valence-corrected chi connectivity index (χ0v) is 16.8. The summed E-state index contributed by atoms with van der Waals surface area (Å²) in [4.78, 5) is 12.5. The predicted molar refractivity (Wildman–Crippen MR) is 105 cm³/mol. The van der Waals surface area contributed by atoms with Crippen LogP contribution in [0.5, 0.6) is 11.5 Å². The number of benzene rings is 2. The molecule has 0 aliphatic rings. The van der Waals surface area contributed by atoms with E-state index in [-0.39, 0.29) is 5.91 Å². The molecule has 6 nitrogen and oxygen atoms in total. The van der Waals surface area contributed by atoms with Gasteiger partial charge in [-0.05, 0) is 60.1 Å². The van der Waals surface area contributed by atoms with Gasteiger partial charge in [-0.2, -0.15) is 0 Å². The van der Waals surface area contributed by atoms with Gasteiger partial charge in [0.05, 0.1) is 24.1 Å². The Morgan fingerprint density at radius 1 is 1.19 bits per heavy atom. The van der Waals surface area contributed by atoms with Crippen LogP contribution in [0, 0.1) is 13.8 Å². The Balaban J connectivity index is 1.75. The van der Waals surface area contributed by atoms with Gasteiger partial charge < -0.3 is 19.3 Å². The molecule has 0 unspecified atom stereocenters. The van der Waals surface area contributed by atoms with Gasteiger partial charge in [-0.1, -0.05) is 17.3 Å². The molecule has 0 saturated heterocycles. The Morgan fingerprint density at radius 2 is 1.96 bits per heavy atom. The summed E-state index contributed by atoms with van der Waals surface area (Å²) in [7, 11) is 1.54. The minimum absolute atomic E-state index is 0.238. The third kappa shape index (κ3) is 4.31. The average molecular weight is 431 g/mol. The van der Waals surface area contributed by atoms with E-state index in [4.69, 9.17) is 14.0 Å². The Bertz CT molecular complexity index is 949. The molecule has 1 aromatic heterocycles. The molecule has 0 aliphatic heterocycles. The van der Waals surface area contributed by atoms with Crippen LogP contribution in [0.2, 0.25) is 0 Å². The van der Waals surface area contributed by atoms with Gasteiger partial charge in [0.2, 0.25) is 0 Å². The third-order valence-electron chi connectivity index (χ3n) is 4.10. The summed E-state index contributed by atoms with van der Waals surface area (Å²) in [6.45, 7) is 4.01. The zero-order valence-electron chi connectivity index (χ0n) is 15.2. The first-order chi connectivity index (χ1) is 13.0. The topological polar surface area (TPSA) is 73.6 Å². The summed E-state index contributed by atoms with van der Waals surface area (Å²) >= 11 is 3.42. The summed E-state index contributed by atoms with van der Waals surface area (Å²) in [6, 6.07) is 12.5. The molecule has 1 amide bonds. The van der Waals surface area contributed by atoms with Crippen LogP contribution in [0.3, 0.4) is 0 Å². The maximum atomic E-state index is 12.5. The third-order valence-corrected chi connectivity index (χ3v) is 4.79. The van der Waals surface area contributed by atoms with Crippen molar-refractivity contribution in [3.63, 3.8) is 0 Å². The van der Waals surface area contributed by atoms with Gasteiger partial charge in [0, 0.05) is 10.0 Å². The van der Waals surface area contributed by atoms with Crippen molar-refractivity contribution >= 4 is 27.5 Å². The van der Waals surface area contributed by atoms with Crippen molar-refractivity contribution in [1.29, 1.82) is 0 Å². The zero-order chi connectivity index (χ0) is 19.4. The van der Waals surface area contributed by atoms with Gasteiger partial charge in [0.15, 0.2) is 11.5 Å². The van der Waals surface area contributed by atoms with Crippen molar-refractivity contribution in [3.8, 4) is 11.5 Å². The molecular weight excluding hydrogens is 412 g/mol. The number of carbonyl (C=O) groups excluding carboxylic acids is 1. The first-order valence-electron chi connectivity index (χ1n) is 8.28. The predicted octanol–water partition coefficient (Wildman–Crippen LogP) is 4.89. The second kappa shape index (κ2) is 8.26. The monoisotopic (exact) mass is 430 g/mol. The van der Waals surface area contributed by atoms with E-state index in [0.29, 0.717) is 29.4 Å². The van der Waals surface area contributed by atoms with Gasteiger partial charge in [-0.15, -0.1) is 0 Å². The number of halogens is 1. The number of nitrogens with one attached hydrogen (secondary N) is 1. The average Bonchev–Trinajstić information content (AvgIpc) is 2.99. The highest BCUT2D eigenvalue weighted by molar-refractivity contribution is 9.10. The number of carbonyl (C=O) groups is 1. The van der Waals surface area contributed by atoms with Crippen LogP contribution in [0.15, 0.2) is 51.5 Å². The second-order valence-electron chi connectivity index (χ2n) is 5.89. The molecule has 1 heterocycles. The number of hydrogen-bond donors (Lipinski definition) is 1. The molecule has 3 aromatic rings.